The molecular weight excluding hydrogens is 276 g/mol. The molecule has 0 saturated heterocycles. The van der Waals surface area contributed by atoms with Crippen molar-refractivity contribution in [3.63, 3.8) is 0 Å². The molecule has 3 rings (SSSR count). The molecule has 2 aromatic rings. The first-order valence-electron chi connectivity index (χ1n) is 6.30. The largest absolute Gasteiger partial charge is 0.492 e. The summed E-state index contributed by atoms with van der Waals surface area (Å²) in [5.41, 5.74) is 2.37. The smallest absolute Gasteiger partial charge is 0.235 e. The number of aromatic nitrogens is 1. The molecule has 0 bridgehead atoms. The van der Waals surface area contributed by atoms with Gasteiger partial charge in [-0.3, -0.25) is 4.79 Å². The first kappa shape index (κ1) is 12.9. The van der Waals surface area contributed by atoms with Gasteiger partial charge >= 0.3 is 0 Å². The molecule has 1 amide bonds. The zero-order valence-electron chi connectivity index (χ0n) is 10.9. The Morgan fingerprint density at radius 3 is 3.10 bits per heavy atom. The number of para-hydroxylation sites is 1. The molecule has 0 spiro atoms. The molecule has 1 aliphatic rings. The molecule has 1 aromatic carbocycles. The lowest BCUT2D eigenvalue weighted by Crippen LogP contribution is -2.22. The van der Waals surface area contributed by atoms with E-state index in [4.69, 9.17) is 16.3 Å². The number of hydrogen-bond acceptors (Lipinski definition) is 3. The summed E-state index contributed by atoms with van der Waals surface area (Å²) in [5, 5.41) is 3.11. The number of fused-ring (bicyclic) bond motifs is 1. The maximum absolute atomic E-state index is 12.4. The predicted molar refractivity (Wildman–Crippen MR) is 77.3 cm³/mol. The van der Waals surface area contributed by atoms with Crippen LogP contribution in [0.3, 0.4) is 0 Å². The molecule has 1 aliphatic heterocycles. The van der Waals surface area contributed by atoms with Gasteiger partial charge in [-0.2, -0.15) is 0 Å². The van der Waals surface area contributed by atoms with Crippen LogP contribution in [0.1, 0.15) is 17.0 Å². The Balaban J connectivity index is 1.83. The third-order valence-corrected chi connectivity index (χ3v) is 3.55. The minimum atomic E-state index is -0.317. The normalized spacial score (nSPS) is 16.4. The van der Waals surface area contributed by atoms with Gasteiger partial charge < -0.3 is 10.1 Å². The maximum Gasteiger partial charge on any atom is 0.235 e. The zero-order valence-corrected chi connectivity index (χ0v) is 11.6. The molecule has 1 aromatic heterocycles. The highest BCUT2D eigenvalue weighted by Crippen LogP contribution is 2.34. The SMILES string of the molecule is Cc1cnc(Cl)c(NC(=O)C2COc3ccccc32)c1. The zero-order chi connectivity index (χ0) is 14.1. The Kier molecular flexibility index (Phi) is 3.32. The van der Waals surface area contributed by atoms with Crippen molar-refractivity contribution in [2.24, 2.45) is 0 Å². The Bertz CT molecular complexity index is 673. The van der Waals surface area contributed by atoms with Crippen LogP contribution < -0.4 is 10.1 Å². The topological polar surface area (TPSA) is 51.2 Å². The first-order valence-corrected chi connectivity index (χ1v) is 6.67. The molecule has 4 nitrogen and oxygen atoms in total. The molecule has 1 atom stereocenters. The number of halogens is 1. The van der Waals surface area contributed by atoms with Crippen LogP contribution in [0, 0.1) is 6.92 Å². The van der Waals surface area contributed by atoms with Crippen molar-refractivity contribution >= 4 is 23.2 Å². The molecule has 0 radical (unpaired) electrons. The summed E-state index contributed by atoms with van der Waals surface area (Å²) in [5.74, 6) is 0.313. The maximum atomic E-state index is 12.4. The molecule has 102 valence electrons. The quantitative estimate of drug-likeness (QED) is 0.864. The van der Waals surface area contributed by atoms with Gasteiger partial charge in [-0.1, -0.05) is 29.8 Å². The Morgan fingerprint density at radius 1 is 1.45 bits per heavy atom. The van der Waals surface area contributed by atoms with E-state index in [1.807, 2.05) is 31.2 Å². The van der Waals surface area contributed by atoms with Crippen molar-refractivity contribution in [2.45, 2.75) is 12.8 Å². The lowest BCUT2D eigenvalue weighted by Gasteiger charge is -2.11. The molecular formula is C15H13ClN2O2. The van der Waals surface area contributed by atoms with Gasteiger partial charge in [-0.05, 0) is 24.6 Å². The molecule has 2 heterocycles. The molecule has 1 unspecified atom stereocenters. The van der Waals surface area contributed by atoms with Gasteiger partial charge in [0.15, 0.2) is 5.15 Å². The van der Waals surface area contributed by atoms with Crippen LogP contribution in [-0.2, 0) is 4.79 Å². The summed E-state index contributed by atoms with van der Waals surface area (Å²) in [6.07, 6.45) is 1.66. The summed E-state index contributed by atoms with van der Waals surface area (Å²) < 4.78 is 5.51. The number of carbonyl (C=O) groups is 1. The molecule has 5 heteroatoms. The number of hydrogen-bond donors (Lipinski definition) is 1. The molecule has 0 aliphatic carbocycles. The van der Waals surface area contributed by atoms with Gasteiger partial charge in [-0.25, -0.2) is 4.98 Å². The van der Waals surface area contributed by atoms with E-state index in [-0.39, 0.29) is 17.0 Å². The number of nitrogens with zero attached hydrogens (tertiary/aromatic N) is 1. The standard InChI is InChI=1S/C15H13ClN2O2/c1-9-6-12(14(16)17-7-9)18-15(19)11-8-20-13-5-3-2-4-10(11)13/h2-7,11H,8H2,1H3,(H,18,19). The van der Waals surface area contributed by atoms with Crippen molar-refractivity contribution in [1.82, 2.24) is 4.98 Å². The summed E-state index contributed by atoms with van der Waals surface area (Å²) in [7, 11) is 0. The average molecular weight is 289 g/mol. The predicted octanol–water partition coefficient (Wildman–Crippen LogP) is 3.16. The van der Waals surface area contributed by atoms with Crippen molar-refractivity contribution < 1.29 is 9.53 Å². The molecule has 1 N–H and O–H groups in total. The van der Waals surface area contributed by atoms with Gasteiger partial charge in [-0.15, -0.1) is 0 Å². The number of ether oxygens (including phenoxy) is 1. The molecule has 0 saturated carbocycles. The number of nitrogens with one attached hydrogen (secondary N) is 1. The van der Waals surface area contributed by atoms with Gasteiger partial charge in [0.05, 0.1) is 5.69 Å². The van der Waals surface area contributed by atoms with Crippen molar-refractivity contribution in [3.05, 3.63) is 52.8 Å². The van der Waals surface area contributed by atoms with Crippen LogP contribution in [0.2, 0.25) is 5.15 Å². The Morgan fingerprint density at radius 2 is 2.25 bits per heavy atom. The lowest BCUT2D eigenvalue weighted by molar-refractivity contribution is -0.117. The number of aryl methyl sites for hydroxylation is 1. The second-order valence-corrected chi connectivity index (χ2v) is 5.10. The van der Waals surface area contributed by atoms with Crippen LogP contribution in [0.15, 0.2) is 36.5 Å². The highest BCUT2D eigenvalue weighted by atomic mass is 35.5. The first-order chi connectivity index (χ1) is 9.65. The summed E-state index contributed by atoms with van der Waals surface area (Å²) in [4.78, 5) is 16.4. The average Bonchev–Trinajstić information content (AvgIpc) is 2.87. The fourth-order valence-electron chi connectivity index (χ4n) is 2.24. The van der Waals surface area contributed by atoms with E-state index >= 15 is 0 Å². The fourth-order valence-corrected chi connectivity index (χ4v) is 2.39. The molecule has 0 fully saturated rings. The molecule has 20 heavy (non-hydrogen) atoms. The number of pyridine rings is 1. The third kappa shape index (κ3) is 2.34. The Labute approximate surface area is 121 Å². The second-order valence-electron chi connectivity index (χ2n) is 4.74. The minimum absolute atomic E-state index is 0.135. The van der Waals surface area contributed by atoms with Gasteiger partial charge in [0.2, 0.25) is 5.91 Å². The van der Waals surface area contributed by atoms with E-state index in [0.717, 1.165) is 16.9 Å². The van der Waals surface area contributed by atoms with Gasteiger partial charge in [0.25, 0.3) is 0 Å². The lowest BCUT2D eigenvalue weighted by atomic mass is 10.0. The number of rotatable bonds is 2. The van der Waals surface area contributed by atoms with E-state index in [0.29, 0.717) is 12.3 Å². The minimum Gasteiger partial charge on any atom is -0.492 e. The van der Waals surface area contributed by atoms with E-state index in [1.165, 1.54) is 0 Å². The summed E-state index contributed by atoms with van der Waals surface area (Å²) in [6.45, 7) is 2.25. The summed E-state index contributed by atoms with van der Waals surface area (Å²) >= 11 is 5.99. The Hall–Kier alpha value is -2.07. The van der Waals surface area contributed by atoms with Crippen LogP contribution in [0.25, 0.3) is 0 Å². The van der Waals surface area contributed by atoms with Crippen molar-refractivity contribution in [2.75, 3.05) is 11.9 Å². The van der Waals surface area contributed by atoms with E-state index in [9.17, 15) is 4.79 Å². The van der Waals surface area contributed by atoms with Gasteiger partial charge in [0, 0.05) is 11.8 Å². The highest BCUT2D eigenvalue weighted by molar-refractivity contribution is 6.32. The monoisotopic (exact) mass is 288 g/mol. The van der Waals surface area contributed by atoms with Crippen LogP contribution >= 0.6 is 11.6 Å². The number of amides is 1. The summed E-state index contributed by atoms with van der Waals surface area (Å²) in [6, 6.07) is 9.36. The van der Waals surface area contributed by atoms with Crippen LogP contribution in [0.4, 0.5) is 5.69 Å². The van der Waals surface area contributed by atoms with E-state index in [1.54, 1.807) is 12.3 Å². The third-order valence-electron chi connectivity index (χ3n) is 3.25. The van der Waals surface area contributed by atoms with E-state index < -0.39 is 0 Å². The van der Waals surface area contributed by atoms with Crippen molar-refractivity contribution in [1.29, 1.82) is 0 Å². The van der Waals surface area contributed by atoms with E-state index in [2.05, 4.69) is 10.3 Å². The number of anilines is 1. The highest BCUT2D eigenvalue weighted by Gasteiger charge is 2.30. The number of carbonyl (C=O) groups excluding carboxylic acids is 1. The van der Waals surface area contributed by atoms with Crippen LogP contribution in [-0.4, -0.2) is 17.5 Å². The number of benzene rings is 1. The van der Waals surface area contributed by atoms with Gasteiger partial charge in [0.1, 0.15) is 18.3 Å². The van der Waals surface area contributed by atoms with Crippen molar-refractivity contribution in [3.8, 4) is 5.75 Å². The fraction of sp³-hybridized carbons (Fsp3) is 0.200. The second kappa shape index (κ2) is 5.13. The van der Waals surface area contributed by atoms with Crippen LogP contribution in [0.5, 0.6) is 5.75 Å².